The van der Waals surface area contributed by atoms with E-state index in [4.69, 9.17) is 0 Å². The van der Waals surface area contributed by atoms with E-state index in [1.165, 1.54) is 6.92 Å². The molecule has 0 unspecified atom stereocenters. The normalized spacial score (nSPS) is 20.6. The van der Waals surface area contributed by atoms with E-state index in [2.05, 4.69) is 14.2 Å². The SMILES string of the molecule is COC(=O)c1sc(S(=O)(=O)N[C@H]2CCC[C@@H](C(F)(F)F)C2)c(C(=O)OC)c1C. The molecule has 1 aliphatic rings. The minimum absolute atomic E-state index is 0.0558. The first kappa shape index (κ1) is 22.6. The van der Waals surface area contributed by atoms with Crippen molar-refractivity contribution in [3.63, 3.8) is 0 Å². The summed E-state index contributed by atoms with van der Waals surface area (Å²) >= 11 is 0.516. The molecule has 2 atom stereocenters. The van der Waals surface area contributed by atoms with Crippen LogP contribution in [-0.2, 0) is 19.5 Å². The molecule has 0 radical (unpaired) electrons. The number of nitrogens with one attached hydrogen (secondary N) is 1. The van der Waals surface area contributed by atoms with Crippen molar-refractivity contribution in [1.29, 1.82) is 0 Å². The van der Waals surface area contributed by atoms with Crippen LogP contribution in [0.2, 0.25) is 0 Å². The summed E-state index contributed by atoms with van der Waals surface area (Å²) in [5, 5.41) is 0. The number of rotatable bonds is 5. The fourth-order valence-electron chi connectivity index (χ4n) is 3.17. The Kier molecular flexibility index (Phi) is 6.77. The Balaban J connectivity index is 2.39. The van der Waals surface area contributed by atoms with Crippen molar-refractivity contribution in [2.24, 2.45) is 5.92 Å². The maximum atomic E-state index is 13.0. The van der Waals surface area contributed by atoms with Gasteiger partial charge in [-0.3, -0.25) is 0 Å². The van der Waals surface area contributed by atoms with Gasteiger partial charge in [0.05, 0.1) is 25.7 Å². The molecule has 158 valence electrons. The molecule has 0 aliphatic heterocycles. The number of carbonyl (C=O) groups excluding carboxylic acids is 2. The average molecular weight is 443 g/mol. The molecule has 1 fully saturated rings. The van der Waals surface area contributed by atoms with Gasteiger partial charge in [-0.1, -0.05) is 6.42 Å². The summed E-state index contributed by atoms with van der Waals surface area (Å²) in [4.78, 5) is 23.9. The van der Waals surface area contributed by atoms with Crippen LogP contribution in [-0.4, -0.2) is 46.8 Å². The highest BCUT2D eigenvalue weighted by Gasteiger charge is 2.43. The van der Waals surface area contributed by atoms with E-state index in [1.807, 2.05) is 0 Å². The predicted octanol–water partition coefficient (Wildman–Crippen LogP) is 3.03. The van der Waals surface area contributed by atoms with Crippen molar-refractivity contribution in [3.05, 3.63) is 16.0 Å². The van der Waals surface area contributed by atoms with Crippen LogP contribution in [0.15, 0.2) is 4.21 Å². The molecule has 1 saturated carbocycles. The number of thiophene rings is 1. The standard InChI is InChI=1S/C16H20F3NO6S2/c1-8-11(13(21)25-2)15(27-12(8)14(22)26-3)28(23,24)20-10-6-4-5-9(7-10)16(17,18)19/h9-10,20H,4-7H2,1-3H3/t9-,10+/m1/s1. The van der Waals surface area contributed by atoms with E-state index in [0.717, 1.165) is 14.2 Å². The number of hydrogen-bond acceptors (Lipinski definition) is 7. The summed E-state index contributed by atoms with van der Waals surface area (Å²) < 4.78 is 75.6. The van der Waals surface area contributed by atoms with Crippen LogP contribution in [0.4, 0.5) is 13.2 Å². The van der Waals surface area contributed by atoms with Crippen molar-refractivity contribution in [2.45, 2.75) is 49.0 Å². The fraction of sp³-hybridized carbons (Fsp3) is 0.625. The Bertz CT molecular complexity index is 862. The molecular formula is C16H20F3NO6S2. The number of hydrogen-bond donors (Lipinski definition) is 1. The van der Waals surface area contributed by atoms with Crippen molar-refractivity contribution in [1.82, 2.24) is 4.72 Å². The van der Waals surface area contributed by atoms with Gasteiger partial charge in [0, 0.05) is 6.04 Å². The summed E-state index contributed by atoms with van der Waals surface area (Å²) in [6.07, 6.45) is -4.38. The summed E-state index contributed by atoms with van der Waals surface area (Å²) in [7, 11) is -2.21. The van der Waals surface area contributed by atoms with Crippen LogP contribution in [0.5, 0.6) is 0 Å². The van der Waals surface area contributed by atoms with E-state index >= 15 is 0 Å². The Morgan fingerprint density at radius 2 is 1.75 bits per heavy atom. The van der Waals surface area contributed by atoms with Gasteiger partial charge in [0.15, 0.2) is 4.21 Å². The van der Waals surface area contributed by atoms with Gasteiger partial charge in [-0.2, -0.15) is 13.2 Å². The molecular weight excluding hydrogens is 423 g/mol. The van der Waals surface area contributed by atoms with Gasteiger partial charge >= 0.3 is 18.1 Å². The Hall–Kier alpha value is -1.66. The van der Waals surface area contributed by atoms with Gasteiger partial charge in [-0.25, -0.2) is 22.7 Å². The van der Waals surface area contributed by atoms with Crippen LogP contribution >= 0.6 is 11.3 Å². The maximum Gasteiger partial charge on any atom is 0.391 e. The number of carbonyl (C=O) groups is 2. The molecule has 0 saturated heterocycles. The molecule has 0 amide bonds. The number of halogens is 3. The van der Waals surface area contributed by atoms with Gasteiger partial charge in [0.2, 0.25) is 0 Å². The molecule has 1 aromatic heterocycles. The number of alkyl halides is 3. The zero-order chi connectivity index (χ0) is 21.3. The Morgan fingerprint density at radius 1 is 1.14 bits per heavy atom. The van der Waals surface area contributed by atoms with Crippen LogP contribution < -0.4 is 4.72 Å². The first-order chi connectivity index (χ1) is 12.9. The average Bonchev–Trinajstić information content (AvgIpc) is 2.97. The van der Waals surface area contributed by atoms with E-state index in [0.29, 0.717) is 11.3 Å². The van der Waals surface area contributed by atoms with Crippen LogP contribution in [0.1, 0.15) is 51.3 Å². The minimum atomic E-state index is -4.40. The third kappa shape index (κ3) is 4.66. The van der Waals surface area contributed by atoms with E-state index < -0.39 is 44.3 Å². The van der Waals surface area contributed by atoms with Crippen LogP contribution in [0.25, 0.3) is 0 Å². The van der Waals surface area contributed by atoms with Crippen LogP contribution in [0.3, 0.4) is 0 Å². The van der Waals surface area contributed by atoms with Gasteiger partial charge in [-0.05, 0) is 31.7 Å². The van der Waals surface area contributed by atoms with Gasteiger partial charge in [-0.15, -0.1) is 11.3 Å². The highest BCUT2D eigenvalue weighted by Crippen LogP contribution is 2.39. The second kappa shape index (κ2) is 8.37. The molecule has 7 nitrogen and oxygen atoms in total. The largest absolute Gasteiger partial charge is 0.465 e. The lowest BCUT2D eigenvalue weighted by atomic mass is 9.86. The summed E-state index contributed by atoms with van der Waals surface area (Å²) in [6, 6.07) is -0.931. The zero-order valence-corrected chi connectivity index (χ0v) is 17.0. The molecule has 1 aromatic rings. The fourth-order valence-corrected chi connectivity index (χ4v) is 6.21. The first-order valence-corrected chi connectivity index (χ1v) is 10.6. The minimum Gasteiger partial charge on any atom is -0.465 e. The van der Waals surface area contributed by atoms with Crippen molar-refractivity contribution in [3.8, 4) is 0 Å². The third-order valence-corrected chi connectivity index (χ3v) is 7.89. The lowest BCUT2D eigenvalue weighted by Gasteiger charge is -2.30. The highest BCUT2D eigenvalue weighted by molar-refractivity contribution is 7.91. The van der Waals surface area contributed by atoms with E-state index in [-0.39, 0.29) is 41.7 Å². The van der Waals surface area contributed by atoms with Gasteiger partial charge in [0.25, 0.3) is 10.0 Å². The maximum absolute atomic E-state index is 13.0. The number of ether oxygens (including phenoxy) is 2. The monoisotopic (exact) mass is 443 g/mol. The van der Waals surface area contributed by atoms with E-state index in [1.54, 1.807) is 0 Å². The zero-order valence-electron chi connectivity index (χ0n) is 15.4. The smallest absolute Gasteiger partial charge is 0.391 e. The lowest BCUT2D eigenvalue weighted by molar-refractivity contribution is -0.183. The first-order valence-electron chi connectivity index (χ1n) is 8.31. The van der Waals surface area contributed by atoms with Crippen LogP contribution in [0, 0.1) is 12.8 Å². The molecule has 0 aromatic carbocycles. The predicted molar refractivity (Wildman–Crippen MR) is 93.9 cm³/mol. The van der Waals surface area contributed by atoms with Crippen molar-refractivity contribution < 1.29 is 40.7 Å². The molecule has 2 rings (SSSR count). The number of sulfonamides is 1. The molecule has 1 aliphatic carbocycles. The molecule has 12 heteroatoms. The molecule has 28 heavy (non-hydrogen) atoms. The second-order valence-electron chi connectivity index (χ2n) is 6.43. The second-order valence-corrected chi connectivity index (χ2v) is 9.36. The molecule has 0 bridgehead atoms. The topological polar surface area (TPSA) is 98.8 Å². The summed E-state index contributed by atoms with van der Waals surface area (Å²) in [5.74, 6) is -3.39. The molecule has 0 spiro atoms. The third-order valence-electron chi connectivity index (χ3n) is 4.58. The van der Waals surface area contributed by atoms with Crippen molar-refractivity contribution in [2.75, 3.05) is 14.2 Å². The quantitative estimate of drug-likeness (QED) is 0.703. The molecule has 1 heterocycles. The highest BCUT2D eigenvalue weighted by atomic mass is 32.2. The lowest BCUT2D eigenvalue weighted by Crippen LogP contribution is -2.41. The Morgan fingerprint density at radius 3 is 2.29 bits per heavy atom. The van der Waals surface area contributed by atoms with E-state index in [9.17, 15) is 31.2 Å². The Labute approximate surface area is 164 Å². The number of methoxy groups -OCH3 is 2. The van der Waals surface area contributed by atoms with Crippen molar-refractivity contribution >= 4 is 33.3 Å². The summed E-state index contributed by atoms with van der Waals surface area (Å²) in [5.41, 5.74) is -0.260. The number of esters is 2. The summed E-state index contributed by atoms with van der Waals surface area (Å²) in [6.45, 7) is 1.37. The van der Waals surface area contributed by atoms with Gasteiger partial charge < -0.3 is 9.47 Å². The van der Waals surface area contributed by atoms with Gasteiger partial charge in [0.1, 0.15) is 4.88 Å². The molecule has 1 N–H and O–H groups in total.